The highest BCUT2D eigenvalue weighted by Gasteiger charge is 2.26. The Bertz CT molecular complexity index is 287. The summed E-state index contributed by atoms with van der Waals surface area (Å²) < 4.78 is 14.1. The van der Waals surface area contributed by atoms with Crippen molar-refractivity contribution in [3.63, 3.8) is 0 Å². The van der Waals surface area contributed by atoms with Gasteiger partial charge in [0.05, 0.1) is 13.2 Å². The summed E-state index contributed by atoms with van der Waals surface area (Å²) in [5, 5.41) is 0. The summed E-state index contributed by atoms with van der Waals surface area (Å²) in [5.41, 5.74) is 0. The summed E-state index contributed by atoms with van der Waals surface area (Å²) in [6.07, 6.45) is 13.7. The molecule has 0 aliphatic carbocycles. The average Bonchev–Trinajstić information content (AvgIpc) is 2.38. The van der Waals surface area contributed by atoms with Crippen molar-refractivity contribution in [3.05, 3.63) is 0 Å². The summed E-state index contributed by atoms with van der Waals surface area (Å²) in [4.78, 5) is 0. The molecule has 0 heterocycles. The van der Waals surface area contributed by atoms with E-state index in [9.17, 15) is 0 Å². The van der Waals surface area contributed by atoms with Crippen LogP contribution in [-0.4, -0.2) is 30.0 Å². The Kier molecular flexibility index (Phi) is 11.8. The van der Waals surface area contributed by atoms with E-state index in [-0.39, 0.29) is 0 Å². The fourth-order valence-electron chi connectivity index (χ4n) is 1.78. The number of terminal acetylenes is 2. The van der Waals surface area contributed by atoms with E-state index in [1.165, 1.54) is 0 Å². The highest BCUT2D eigenvalue weighted by molar-refractivity contribution is 7.44. The quantitative estimate of drug-likeness (QED) is 0.324. The van der Waals surface area contributed by atoms with Crippen LogP contribution < -0.4 is 0 Å². The summed E-state index contributed by atoms with van der Waals surface area (Å²) in [6, 6.07) is 0.753. The lowest BCUT2D eigenvalue weighted by Crippen LogP contribution is -2.33. The van der Waals surface area contributed by atoms with E-state index in [1.807, 2.05) is 0 Å². The second kappa shape index (κ2) is 12.2. The Morgan fingerprint density at radius 1 is 0.900 bits per heavy atom. The number of nitrogens with zero attached hydrogens (tertiary/aromatic N) is 1. The Morgan fingerprint density at radius 3 is 1.60 bits per heavy atom. The average molecular weight is 297 g/mol. The minimum absolute atomic E-state index is 0.376. The molecule has 3 nitrogen and oxygen atoms in total. The van der Waals surface area contributed by atoms with Crippen molar-refractivity contribution in [2.24, 2.45) is 0 Å². The molecule has 0 fully saturated rings. The molecule has 20 heavy (non-hydrogen) atoms. The zero-order valence-corrected chi connectivity index (χ0v) is 14.2. The summed E-state index contributed by atoms with van der Waals surface area (Å²) in [6.45, 7) is 9.91. The molecule has 0 aromatic heterocycles. The molecule has 0 spiro atoms. The molecule has 0 bridgehead atoms. The molecule has 4 heteroatoms. The molecule has 0 rings (SSSR count). The van der Waals surface area contributed by atoms with Crippen molar-refractivity contribution in [2.45, 2.75) is 65.5 Å². The van der Waals surface area contributed by atoms with E-state index in [0.29, 0.717) is 25.3 Å². The van der Waals surface area contributed by atoms with Crippen LogP contribution in [0.25, 0.3) is 0 Å². The molecule has 0 saturated carbocycles. The molecule has 0 N–H and O–H groups in total. The van der Waals surface area contributed by atoms with Crippen LogP contribution in [0.15, 0.2) is 0 Å². The second-order valence-electron chi connectivity index (χ2n) is 5.09. The van der Waals surface area contributed by atoms with Crippen molar-refractivity contribution in [3.8, 4) is 24.7 Å². The van der Waals surface area contributed by atoms with E-state index < -0.39 is 8.53 Å². The van der Waals surface area contributed by atoms with Crippen LogP contribution in [0.5, 0.6) is 0 Å². The van der Waals surface area contributed by atoms with Crippen LogP contribution in [-0.2, 0) is 9.05 Å². The van der Waals surface area contributed by atoms with Crippen LogP contribution in [0.3, 0.4) is 0 Å². The molecule has 0 aromatic carbocycles. The normalized spacial score (nSPS) is 11.3. The lowest BCUT2D eigenvalue weighted by molar-refractivity contribution is 0.173. The lowest BCUT2D eigenvalue weighted by atomic mass is 10.3. The van der Waals surface area contributed by atoms with Gasteiger partial charge in [-0.15, -0.1) is 24.7 Å². The Hall–Kier alpha value is -0.570. The fourth-order valence-corrected chi connectivity index (χ4v) is 3.44. The molecule has 0 amide bonds. The van der Waals surface area contributed by atoms with Crippen LogP contribution in [0.2, 0.25) is 0 Å². The third kappa shape index (κ3) is 8.57. The van der Waals surface area contributed by atoms with Gasteiger partial charge in [0, 0.05) is 24.9 Å². The van der Waals surface area contributed by atoms with Crippen LogP contribution in [0.1, 0.15) is 53.4 Å². The van der Waals surface area contributed by atoms with Gasteiger partial charge in [0.25, 0.3) is 8.53 Å². The van der Waals surface area contributed by atoms with Crippen molar-refractivity contribution < 1.29 is 9.05 Å². The largest absolute Gasteiger partial charge is 0.322 e. The zero-order chi connectivity index (χ0) is 15.4. The molecule has 0 radical (unpaired) electrons. The van der Waals surface area contributed by atoms with Crippen LogP contribution in [0, 0.1) is 24.7 Å². The first-order chi connectivity index (χ1) is 9.54. The predicted octanol–water partition coefficient (Wildman–Crippen LogP) is 4.19. The van der Waals surface area contributed by atoms with Gasteiger partial charge in [-0.05, 0) is 40.5 Å². The molecule has 0 atom stereocenters. The molecule has 0 aromatic rings. The first kappa shape index (κ1) is 19.4. The van der Waals surface area contributed by atoms with Gasteiger partial charge in [-0.25, -0.2) is 4.67 Å². The minimum Gasteiger partial charge on any atom is -0.322 e. The highest BCUT2D eigenvalue weighted by Crippen LogP contribution is 2.46. The van der Waals surface area contributed by atoms with Crippen LogP contribution in [0.4, 0.5) is 0 Å². The van der Waals surface area contributed by atoms with E-state index in [1.54, 1.807) is 0 Å². The molecule has 0 aliphatic heterocycles. The van der Waals surface area contributed by atoms with Crippen molar-refractivity contribution in [1.82, 2.24) is 4.67 Å². The molecule has 0 unspecified atom stereocenters. The standard InChI is InChI=1S/C16H28NO2P/c1-7-9-11-13-18-20(19-14-12-10-8-2)17(15(3)4)16(5)6/h1-2,15-16H,9-14H2,3-6H3. The third-order valence-electron chi connectivity index (χ3n) is 2.58. The first-order valence-corrected chi connectivity index (χ1v) is 8.38. The van der Waals surface area contributed by atoms with Gasteiger partial charge in [-0.2, -0.15) is 0 Å². The SMILES string of the molecule is C#CCCCOP(OCCCC#C)N(C(C)C)C(C)C. The predicted molar refractivity (Wildman–Crippen MR) is 87.1 cm³/mol. The minimum atomic E-state index is -1.04. The Morgan fingerprint density at radius 2 is 1.30 bits per heavy atom. The molecular weight excluding hydrogens is 269 g/mol. The fraction of sp³-hybridized carbons (Fsp3) is 0.750. The maximum absolute atomic E-state index is 5.93. The van der Waals surface area contributed by atoms with Gasteiger partial charge in [0.15, 0.2) is 0 Å². The van der Waals surface area contributed by atoms with Crippen molar-refractivity contribution >= 4 is 8.53 Å². The summed E-state index contributed by atoms with van der Waals surface area (Å²) in [5.74, 6) is 5.25. The van der Waals surface area contributed by atoms with Gasteiger partial charge >= 0.3 is 0 Å². The Labute approximate surface area is 126 Å². The van der Waals surface area contributed by atoms with Crippen molar-refractivity contribution in [2.75, 3.05) is 13.2 Å². The monoisotopic (exact) mass is 297 g/mol. The molecule has 0 saturated heterocycles. The number of hydrogen-bond donors (Lipinski definition) is 0. The summed E-state index contributed by atoms with van der Waals surface area (Å²) >= 11 is 0. The number of rotatable bonds is 11. The number of unbranched alkanes of at least 4 members (excludes halogenated alkanes) is 2. The third-order valence-corrected chi connectivity index (χ3v) is 4.69. The molecule has 0 aliphatic rings. The lowest BCUT2D eigenvalue weighted by Gasteiger charge is -2.35. The first-order valence-electron chi connectivity index (χ1n) is 7.25. The topological polar surface area (TPSA) is 21.7 Å². The smallest absolute Gasteiger partial charge is 0.259 e. The van der Waals surface area contributed by atoms with Gasteiger partial charge < -0.3 is 9.05 Å². The van der Waals surface area contributed by atoms with E-state index in [2.05, 4.69) is 44.2 Å². The zero-order valence-electron chi connectivity index (χ0n) is 13.3. The molecular formula is C16H28NO2P. The van der Waals surface area contributed by atoms with Crippen molar-refractivity contribution in [1.29, 1.82) is 0 Å². The molecule has 114 valence electrons. The van der Waals surface area contributed by atoms with Crippen LogP contribution >= 0.6 is 8.53 Å². The second-order valence-corrected chi connectivity index (χ2v) is 6.54. The van der Waals surface area contributed by atoms with E-state index >= 15 is 0 Å². The van der Waals surface area contributed by atoms with Gasteiger partial charge in [0.1, 0.15) is 0 Å². The maximum atomic E-state index is 5.93. The highest BCUT2D eigenvalue weighted by atomic mass is 31.2. The van der Waals surface area contributed by atoms with E-state index in [4.69, 9.17) is 21.9 Å². The number of hydrogen-bond acceptors (Lipinski definition) is 3. The van der Waals surface area contributed by atoms with Gasteiger partial charge in [0.2, 0.25) is 0 Å². The Balaban J connectivity index is 4.42. The maximum Gasteiger partial charge on any atom is 0.259 e. The summed E-state index contributed by atoms with van der Waals surface area (Å²) in [7, 11) is -1.04. The van der Waals surface area contributed by atoms with Gasteiger partial charge in [-0.3, -0.25) is 0 Å². The van der Waals surface area contributed by atoms with E-state index in [0.717, 1.165) is 25.7 Å². The van der Waals surface area contributed by atoms with Gasteiger partial charge in [-0.1, -0.05) is 0 Å².